The molecule has 116 valence electrons. The molecular weight excluding hydrogens is 294 g/mol. The van der Waals surface area contributed by atoms with Crippen LogP contribution in [-0.4, -0.2) is 30.1 Å². The first kappa shape index (κ1) is 17.3. The van der Waals surface area contributed by atoms with E-state index >= 15 is 0 Å². The summed E-state index contributed by atoms with van der Waals surface area (Å²) in [6.45, 7) is 3.64. The fourth-order valence-electron chi connectivity index (χ4n) is 1.83. The van der Waals surface area contributed by atoms with Gasteiger partial charge in [0, 0.05) is 0 Å². The number of carbonyl (C=O) groups excluding carboxylic acids is 1. The van der Waals surface area contributed by atoms with Crippen molar-refractivity contribution in [3.8, 4) is 5.75 Å². The molecule has 0 saturated heterocycles. The monoisotopic (exact) mass is 313 g/mol. The van der Waals surface area contributed by atoms with Gasteiger partial charge in [-0.3, -0.25) is 4.79 Å². The average Bonchev–Trinajstić information content (AvgIpc) is 2.50. The number of aliphatic carboxylic acids is 1. The third-order valence-corrected chi connectivity index (χ3v) is 3.87. The predicted octanol–water partition coefficient (Wildman–Crippen LogP) is 2.59. The van der Waals surface area contributed by atoms with Crippen LogP contribution in [0, 0.1) is 5.92 Å². The Labute approximate surface area is 129 Å². The van der Waals surface area contributed by atoms with Gasteiger partial charge in [-0.2, -0.15) is 0 Å². The van der Waals surface area contributed by atoms with Gasteiger partial charge >= 0.3 is 5.97 Å². The number of nitrogens with one attached hydrogen (secondary N) is 1. The number of halogens is 1. The molecule has 1 aromatic carbocycles. The molecule has 2 N–H and O–H groups in total. The van der Waals surface area contributed by atoms with Crippen molar-refractivity contribution in [3.63, 3.8) is 0 Å². The summed E-state index contributed by atoms with van der Waals surface area (Å²) in [4.78, 5) is 23.3. The molecule has 5 nitrogen and oxygen atoms in total. The second-order valence-electron chi connectivity index (χ2n) is 4.85. The molecule has 1 aromatic rings. The molecule has 0 heterocycles. The highest BCUT2D eigenvalue weighted by Crippen LogP contribution is 2.23. The van der Waals surface area contributed by atoms with Crippen molar-refractivity contribution >= 4 is 23.5 Å². The van der Waals surface area contributed by atoms with Crippen LogP contribution in [0.15, 0.2) is 24.3 Å². The number of hydrogen-bond acceptors (Lipinski definition) is 3. The lowest BCUT2D eigenvalue weighted by molar-refractivity contribution is -0.143. The number of hydrogen-bond donors (Lipinski definition) is 2. The zero-order chi connectivity index (χ0) is 16.0. The molecule has 0 spiro atoms. The van der Waals surface area contributed by atoms with E-state index in [0.29, 0.717) is 17.7 Å². The first-order chi connectivity index (χ1) is 9.90. The highest BCUT2D eigenvalue weighted by molar-refractivity contribution is 6.30. The minimum atomic E-state index is -1.06. The SMILES string of the molecule is CCC(C)C(NC(=O)C(Cl)c1ccc(OC)cc1)C(=O)O. The van der Waals surface area contributed by atoms with Gasteiger partial charge in [0.15, 0.2) is 0 Å². The van der Waals surface area contributed by atoms with E-state index in [1.54, 1.807) is 38.3 Å². The largest absolute Gasteiger partial charge is 0.497 e. The van der Waals surface area contributed by atoms with Crippen molar-refractivity contribution < 1.29 is 19.4 Å². The number of alkyl halides is 1. The normalized spacial score (nSPS) is 14.9. The molecule has 0 aliphatic rings. The number of ether oxygens (including phenoxy) is 1. The maximum absolute atomic E-state index is 12.1. The Morgan fingerprint density at radius 2 is 1.90 bits per heavy atom. The van der Waals surface area contributed by atoms with E-state index in [9.17, 15) is 9.59 Å². The van der Waals surface area contributed by atoms with E-state index in [0.717, 1.165) is 0 Å². The van der Waals surface area contributed by atoms with E-state index in [4.69, 9.17) is 21.4 Å². The number of carboxylic acids is 1. The van der Waals surface area contributed by atoms with Gasteiger partial charge in [0.1, 0.15) is 17.2 Å². The first-order valence-corrected chi connectivity index (χ1v) is 7.15. The van der Waals surface area contributed by atoms with Crippen LogP contribution in [0.2, 0.25) is 0 Å². The molecule has 0 aliphatic heterocycles. The highest BCUT2D eigenvalue weighted by Gasteiger charge is 2.28. The Bertz CT molecular complexity index is 489. The van der Waals surface area contributed by atoms with Gasteiger partial charge in [-0.1, -0.05) is 32.4 Å². The standard InChI is InChI=1S/C15H20ClNO4/c1-4-9(2)13(15(19)20)17-14(18)12(16)10-5-7-11(21-3)8-6-10/h5-9,12-13H,4H2,1-3H3,(H,17,18)(H,19,20). The number of carbonyl (C=O) groups is 2. The average molecular weight is 314 g/mol. The Kier molecular flexibility index (Phi) is 6.49. The molecule has 6 heteroatoms. The topological polar surface area (TPSA) is 75.6 Å². The summed E-state index contributed by atoms with van der Waals surface area (Å²) in [5, 5.41) is 10.7. The fraction of sp³-hybridized carbons (Fsp3) is 0.467. The lowest BCUT2D eigenvalue weighted by atomic mass is 9.99. The summed E-state index contributed by atoms with van der Waals surface area (Å²) in [6.07, 6.45) is 0.646. The van der Waals surface area contributed by atoms with E-state index in [1.165, 1.54) is 0 Å². The van der Waals surface area contributed by atoms with Crippen LogP contribution in [0.5, 0.6) is 5.75 Å². The minimum absolute atomic E-state index is 0.175. The molecule has 0 aliphatic carbocycles. The second-order valence-corrected chi connectivity index (χ2v) is 5.28. The van der Waals surface area contributed by atoms with Gasteiger partial charge in [0.05, 0.1) is 7.11 Å². The van der Waals surface area contributed by atoms with Crippen molar-refractivity contribution in [2.45, 2.75) is 31.7 Å². The molecule has 1 rings (SSSR count). The van der Waals surface area contributed by atoms with Crippen LogP contribution in [0.25, 0.3) is 0 Å². The summed E-state index contributed by atoms with van der Waals surface area (Å²) in [6, 6.07) is 5.80. The maximum Gasteiger partial charge on any atom is 0.326 e. The predicted molar refractivity (Wildman–Crippen MR) is 80.6 cm³/mol. The highest BCUT2D eigenvalue weighted by atomic mass is 35.5. The van der Waals surface area contributed by atoms with Crippen molar-refractivity contribution in [2.24, 2.45) is 5.92 Å². The number of rotatable bonds is 7. The van der Waals surface area contributed by atoms with Crippen molar-refractivity contribution in [1.29, 1.82) is 0 Å². The number of amides is 1. The number of benzene rings is 1. The summed E-state index contributed by atoms with van der Waals surface area (Å²) >= 11 is 6.10. The van der Waals surface area contributed by atoms with Crippen molar-refractivity contribution in [2.75, 3.05) is 7.11 Å². The van der Waals surface area contributed by atoms with Gasteiger partial charge in [-0.25, -0.2) is 4.79 Å². The van der Waals surface area contributed by atoms with Gasteiger partial charge < -0.3 is 15.2 Å². The Balaban J connectivity index is 2.78. The maximum atomic E-state index is 12.1. The van der Waals surface area contributed by atoms with Crippen LogP contribution in [0.4, 0.5) is 0 Å². The van der Waals surface area contributed by atoms with E-state index < -0.39 is 23.3 Å². The van der Waals surface area contributed by atoms with Crippen LogP contribution < -0.4 is 10.1 Å². The lowest BCUT2D eigenvalue weighted by Crippen LogP contribution is -2.46. The summed E-state index contributed by atoms with van der Waals surface area (Å²) < 4.78 is 5.03. The Morgan fingerprint density at radius 3 is 2.33 bits per heavy atom. The molecule has 0 bridgehead atoms. The van der Waals surface area contributed by atoms with Crippen molar-refractivity contribution in [3.05, 3.63) is 29.8 Å². The van der Waals surface area contributed by atoms with Crippen LogP contribution in [-0.2, 0) is 9.59 Å². The zero-order valence-corrected chi connectivity index (χ0v) is 13.1. The molecule has 0 aromatic heterocycles. The van der Waals surface area contributed by atoms with Crippen LogP contribution in [0.1, 0.15) is 31.2 Å². The molecule has 0 radical (unpaired) electrons. The minimum Gasteiger partial charge on any atom is -0.497 e. The Morgan fingerprint density at radius 1 is 1.33 bits per heavy atom. The molecule has 1 amide bonds. The summed E-state index contributed by atoms with van der Waals surface area (Å²) in [5.41, 5.74) is 0.586. The third kappa shape index (κ3) is 4.63. The fourth-order valence-corrected chi connectivity index (χ4v) is 2.04. The molecule has 0 saturated carbocycles. The molecule has 3 atom stereocenters. The molecule has 3 unspecified atom stereocenters. The van der Waals surface area contributed by atoms with E-state index in [2.05, 4.69) is 5.32 Å². The third-order valence-electron chi connectivity index (χ3n) is 3.42. The zero-order valence-electron chi connectivity index (χ0n) is 12.3. The second kappa shape index (κ2) is 7.88. The Hall–Kier alpha value is -1.75. The molecular formula is C15H20ClNO4. The van der Waals surface area contributed by atoms with Gasteiger partial charge in [-0.15, -0.1) is 11.6 Å². The van der Waals surface area contributed by atoms with E-state index in [-0.39, 0.29) is 5.92 Å². The first-order valence-electron chi connectivity index (χ1n) is 6.71. The summed E-state index contributed by atoms with van der Waals surface area (Å²) in [7, 11) is 1.55. The van der Waals surface area contributed by atoms with Crippen molar-refractivity contribution in [1.82, 2.24) is 5.32 Å². The smallest absolute Gasteiger partial charge is 0.326 e. The van der Waals surface area contributed by atoms with Crippen LogP contribution >= 0.6 is 11.6 Å². The molecule has 0 fully saturated rings. The quantitative estimate of drug-likeness (QED) is 0.759. The van der Waals surface area contributed by atoms with Gasteiger partial charge in [0.25, 0.3) is 0 Å². The van der Waals surface area contributed by atoms with E-state index in [1.807, 2.05) is 6.92 Å². The summed E-state index contributed by atoms with van der Waals surface area (Å²) in [5.74, 6) is -1.09. The van der Waals surface area contributed by atoms with Gasteiger partial charge in [0.2, 0.25) is 5.91 Å². The van der Waals surface area contributed by atoms with Crippen LogP contribution in [0.3, 0.4) is 0 Å². The van der Waals surface area contributed by atoms with Gasteiger partial charge in [-0.05, 0) is 23.6 Å². The number of carboxylic acid groups (broad SMARTS) is 1. The molecule has 21 heavy (non-hydrogen) atoms. The lowest BCUT2D eigenvalue weighted by Gasteiger charge is -2.21. The number of methoxy groups -OCH3 is 1.